The molecular weight excluding hydrogens is 250 g/mol. The lowest BCUT2D eigenvalue weighted by Crippen LogP contribution is -2.52. The van der Waals surface area contributed by atoms with Crippen molar-refractivity contribution in [2.24, 2.45) is 0 Å². The molecule has 0 aliphatic carbocycles. The fraction of sp³-hybridized carbons (Fsp3) is 0.538. The van der Waals surface area contributed by atoms with Crippen molar-refractivity contribution in [1.82, 2.24) is 4.31 Å². The Bertz CT molecular complexity index is 500. The van der Waals surface area contributed by atoms with E-state index in [2.05, 4.69) is 0 Å². The van der Waals surface area contributed by atoms with E-state index in [0.717, 1.165) is 5.56 Å². The molecule has 0 saturated carbocycles. The summed E-state index contributed by atoms with van der Waals surface area (Å²) in [7, 11) is -3.42. The molecule has 1 heterocycles. The van der Waals surface area contributed by atoms with Gasteiger partial charge in [0.2, 0.25) is 10.0 Å². The fourth-order valence-corrected chi connectivity index (χ4v) is 4.09. The molecule has 1 aliphatic rings. The molecule has 1 aliphatic heterocycles. The van der Waals surface area contributed by atoms with Crippen LogP contribution < -0.4 is 0 Å². The molecule has 100 valence electrons. The van der Waals surface area contributed by atoms with Crippen LogP contribution >= 0.6 is 0 Å². The topological polar surface area (TPSA) is 46.6 Å². The highest BCUT2D eigenvalue weighted by Gasteiger charge is 2.36. The summed E-state index contributed by atoms with van der Waals surface area (Å²) in [6.45, 7) is 6.60. The summed E-state index contributed by atoms with van der Waals surface area (Å²) in [5.74, 6) is 0. The van der Waals surface area contributed by atoms with Gasteiger partial charge in [0, 0.05) is 12.1 Å². The molecule has 0 amide bonds. The quantitative estimate of drug-likeness (QED) is 0.822. The van der Waals surface area contributed by atoms with Crippen LogP contribution in [0.2, 0.25) is 0 Å². The summed E-state index contributed by atoms with van der Waals surface area (Å²) in [5, 5.41) is 0. The van der Waals surface area contributed by atoms with Crippen LogP contribution in [0, 0.1) is 6.92 Å². The number of sulfonamides is 1. The van der Waals surface area contributed by atoms with Crippen molar-refractivity contribution >= 4 is 10.0 Å². The summed E-state index contributed by atoms with van der Waals surface area (Å²) in [5.41, 5.74) is 1.05. The molecule has 1 saturated heterocycles. The molecular formula is C13H19NO3S. The molecule has 2 rings (SSSR count). The zero-order valence-electron chi connectivity index (χ0n) is 11.0. The van der Waals surface area contributed by atoms with E-state index in [4.69, 9.17) is 4.74 Å². The summed E-state index contributed by atoms with van der Waals surface area (Å²) in [6, 6.07) is 6.73. The van der Waals surface area contributed by atoms with E-state index in [9.17, 15) is 8.42 Å². The first-order valence-electron chi connectivity index (χ1n) is 6.11. The Labute approximate surface area is 109 Å². The Morgan fingerprint density at radius 1 is 1.11 bits per heavy atom. The minimum absolute atomic E-state index is 0.125. The standard InChI is InChI=1S/C13H19NO3S/c1-10-4-6-13(7-5-10)18(15,16)14-11(2)8-17-9-12(14)3/h4-7,11-12H,8-9H2,1-3H3/t11-,12-/m0/s1. The molecule has 0 unspecified atom stereocenters. The Morgan fingerprint density at radius 2 is 1.61 bits per heavy atom. The molecule has 0 bridgehead atoms. The van der Waals surface area contributed by atoms with E-state index in [1.807, 2.05) is 32.9 Å². The van der Waals surface area contributed by atoms with Crippen LogP contribution in [0.3, 0.4) is 0 Å². The third-order valence-electron chi connectivity index (χ3n) is 3.18. The number of nitrogens with zero attached hydrogens (tertiary/aromatic N) is 1. The molecule has 4 nitrogen and oxygen atoms in total. The van der Waals surface area contributed by atoms with E-state index in [1.165, 1.54) is 0 Å². The van der Waals surface area contributed by atoms with Crippen molar-refractivity contribution in [1.29, 1.82) is 0 Å². The van der Waals surface area contributed by atoms with Crippen LogP contribution in [-0.4, -0.2) is 38.0 Å². The van der Waals surface area contributed by atoms with Crippen LogP contribution in [-0.2, 0) is 14.8 Å². The van der Waals surface area contributed by atoms with Gasteiger partial charge in [-0.05, 0) is 32.9 Å². The van der Waals surface area contributed by atoms with E-state index >= 15 is 0 Å². The van der Waals surface area contributed by atoms with Crippen molar-refractivity contribution in [3.8, 4) is 0 Å². The van der Waals surface area contributed by atoms with Crippen molar-refractivity contribution in [2.75, 3.05) is 13.2 Å². The average molecular weight is 269 g/mol. The second-order valence-electron chi connectivity index (χ2n) is 4.88. The van der Waals surface area contributed by atoms with Gasteiger partial charge >= 0.3 is 0 Å². The average Bonchev–Trinajstić information content (AvgIpc) is 2.29. The predicted octanol–water partition coefficient (Wildman–Crippen LogP) is 1.79. The normalized spacial score (nSPS) is 26.2. The predicted molar refractivity (Wildman–Crippen MR) is 69.9 cm³/mol. The maximum Gasteiger partial charge on any atom is 0.243 e. The smallest absolute Gasteiger partial charge is 0.243 e. The van der Waals surface area contributed by atoms with Gasteiger partial charge in [0.05, 0.1) is 18.1 Å². The van der Waals surface area contributed by atoms with Gasteiger partial charge in [-0.25, -0.2) is 8.42 Å². The maximum atomic E-state index is 12.6. The molecule has 0 aromatic heterocycles. The number of ether oxygens (including phenoxy) is 1. The molecule has 0 radical (unpaired) electrons. The molecule has 2 atom stereocenters. The first kappa shape index (κ1) is 13.5. The lowest BCUT2D eigenvalue weighted by atomic mass is 10.2. The number of aryl methyl sites for hydroxylation is 1. The van der Waals surface area contributed by atoms with Gasteiger partial charge in [-0.1, -0.05) is 17.7 Å². The van der Waals surface area contributed by atoms with Crippen molar-refractivity contribution in [3.05, 3.63) is 29.8 Å². The van der Waals surface area contributed by atoms with Crippen LogP contribution in [0.1, 0.15) is 19.4 Å². The number of morpholine rings is 1. The number of rotatable bonds is 2. The molecule has 18 heavy (non-hydrogen) atoms. The highest BCUT2D eigenvalue weighted by molar-refractivity contribution is 7.89. The second kappa shape index (κ2) is 4.99. The maximum absolute atomic E-state index is 12.6. The molecule has 0 spiro atoms. The van der Waals surface area contributed by atoms with Crippen LogP contribution in [0.25, 0.3) is 0 Å². The summed E-state index contributed by atoms with van der Waals surface area (Å²) in [4.78, 5) is 0.355. The van der Waals surface area contributed by atoms with Gasteiger partial charge in [-0.15, -0.1) is 0 Å². The highest BCUT2D eigenvalue weighted by Crippen LogP contribution is 2.24. The lowest BCUT2D eigenvalue weighted by molar-refractivity contribution is 0.00636. The van der Waals surface area contributed by atoms with Gasteiger partial charge < -0.3 is 4.74 Å². The first-order valence-corrected chi connectivity index (χ1v) is 7.55. The molecule has 1 aromatic carbocycles. The monoisotopic (exact) mass is 269 g/mol. The Balaban J connectivity index is 2.38. The fourth-order valence-electron chi connectivity index (χ4n) is 2.30. The van der Waals surface area contributed by atoms with E-state index < -0.39 is 10.0 Å². The molecule has 1 fully saturated rings. The summed E-state index contributed by atoms with van der Waals surface area (Å²) < 4.78 is 32.1. The van der Waals surface area contributed by atoms with Crippen molar-refractivity contribution in [2.45, 2.75) is 37.8 Å². The van der Waals surface area contributed by atoms with Crippen LogP contribution in [0.4, 0.5) is 0 Å². The van der Waals surface area contributed by atoms with Crippen LogP contribution in [0.15, 0.2) is 29.2 Å². The van der Waals surface area contributed by atoms with Gasteiger partial charge in [0.25, 0.3) is 0 Å². The Hall–Kier alpha value is -0.910. The number of benzene rings is 1. The van der Waals surface area contributed by atoms with E-state index in [1.54, 1.807) is 16.4 Å². The van der Waals surface area contributed by atoms with Gasteiger partial charge in [0.1, 0.15) is 0 Å². The molecule has 1 aromatic rings. The SMILES string of the molecule is Cc1ccc(S(=O)(=O)N2[C@@H](C)COC[C@@H]2C)cc1. The second-order valence-corrected chi connectivity index (χ2v) is 6.73. The van der Waals surface area contributed by atoms with Gasteiger partial charge in [-0.3, -0.25) is 0 Å². The summed E-state index contributed by atoms with van der Waals surface area (Å²) >= 11 is 0. The van der Waals surface area contributed by atoms with Crippen molar-refractivity contribution in [3.63, 3.8) is 0 Å². The minimum atomic E-state index is -3.42. The lowest BCUT2D eigenvalue weighted by Gasteiger charge is -2.37. The first-order chi connectivity index (χ1) is 8.43. The van der Waals surface area contributed by atoms with Crippen LogP contribution in [0.5, 0.6) is 0 Å². The Kier molecular flexibility index (Phi) is 3.75. The van der Waals surface area contributed by atoms with E-state index in [-0.39, 0.29) is 12.1 Å². The third-order valence-corrected chi connectivity index (χ3v) is 5.33. The van der Waals surface area contributed by atoms with Gasteiger partial charge in [-0.2, -0.15) is 4.31 Å². The highest BCUT2D eigenvalue weighted by atomic mass is 32.2. The largest absolute Gasteiger partial charge is 0.378 e. The van der Waals surface area contributed by atoms with Crippen molar-refractivity contribution < 1.29 is 13.2 Å². The van der Waals surface area contributed by atoms with E-state index in [0.29, 0.717) is 18.1 Å². The zero-order valence-corrected chi connectivity index (χ0v) is 11.8. The molecule has 5 heteroatoms. The zero-order chi connectivity index (χ0) is 13.3. The minimum Gasteiger partial charge on any atom is -0.378 e. The molecule has 0 N–H and O–H groups in total. The number of hydrogen-bond acceptors (Lipinski definition) is 3. The third kappa shape index (κ3) is 2.43. The summed E-state index contributed by atoms with van der Waals surface area (Å²) in [6.07, 6.45) is 0. The Morgan fingerprint density at radius 3 is 2.11 bits per heavy atom. The van der Waals surface area contributed by atoms with Gasteiger partial charge in [0.15, 0.2) is 0 Å². The number of hydrogen-bond donors (Lipinski definition) is 0.